The summed E-state index contributed by atoms with van der Waals surface area (Å²) >= 11 is 1.15. The van der Waals surface area contributed by atoms with Gasteiger partial charge >= 0.3 is 0 Å². The molecule has 0 atom stereocenters. The monoisotopic (exact) mass is 448 g/mol. The molecule has 1 aliphatic rings. The van der Waals surface area contributed by atoms with Crippen LogP contribution in [0.3, 0.4) is 0 Å². The molecule has 2 aromatic heterocycles. The van der Waals surface area contributed by atoms with E-state index in [2.05, 4.69) is 10.2 Å². The van der Waals surface area contributed by atoms with Gasteiger partial charge in [0.2, 0.25) is 15.9 Å². The second kappa shape index (κ2) is 8.25. The fourth-order valence-corrected chi connectivity index (χ4v) is 4.77. The summed E-state index contributed by atoms with van der Waals surface area (Å²) in [5.41, 5.74) is 1.59. The van der Waals surface area contributed by atoms with Crippen molar-refractivity contribution in [2.24, 2.45) is 0 Å². The minimum absolute atomic E-state index is 0.109. The number of nitrogens with zero attached hydrogens (tertiary/aromatic N) is 4. The Morgan fingerprint density at radius 1 is 1.27 bits per heavy atom. The summed E-state index contributed by atoms with van der Waals surface area (Å²) < 4.78 is 36.7. The van der Waals surface area contributed by atoms with Crippen molar-refractivity contribution >= 4 is 33.4 Å². The maximum Gasteiger partial charge on any atom is 0.284 e. The zero-order valence-corrected chi connectivity index (χ0v) is 18.1. The predicted octanol–water partition coefficient (Wildman–Crippen LogP) is 2.65. The van der Waals surface area contributed by atoms with Crippen molar-refractivity contribution in [2.45, 2.75) is 23.0 Å². The molecule has 0 aliphatic carbocycles. The zero-order valence-electron chi connectivity index (χ0n) is 16.4. The van der Waals surface area contributed by atoms with Crippen molar-refractivity contribution in [1.29, 1.82) is 0 Å². The van der Waals surface area contributed by atoms with E-state index in [4.69, 9.17) is 8.83 Å². The molecule has 0 saturated heterocycles. The van der Waals surface area contributed by atoms with Gasteiger partial charge < -0.3 is 13.7 Å². The minimum atomic E-state index is -3.52. The van der Waals surface area contributed by atoms with E-state index in [0.29, 0.717) is 12.3 Å². The molecule has 1 amide bonds. The van der Waals surface area contributed by atoms with Gasteiger partial charge in [0.1, 0.15) is 0 Å². The minimum Gasteiger partial charge on any atom is -0.459 e. The van der Waals surface area contributed by atoms with Gasteiger partial charge in [-0.1, -0.05) is 11.8 Å². The summed E-state index contributed by atoms with van der Waals surface area (Å²) in [6, 6.07) is 8.34. The molecule has 9 nitrogen and oxygen atoms in total. The van der Waals surface area contributed by atoms with Crippen molar-refractivity contribution in [1.82, 2.24) is 14.5 Å². The smallest absolute Gasteiger partial charge is 0.284 e. The molecule has 0 bridgehead atoms. The van der Waals surface area contributed by atoms with E-state index in [1.54, 1.807) is 35.2 Å². The maximum absolute atomic E-state index is 12.8. The van der Waals surface area contributed by atoms with Gasteiger partial charge in [-0.3, -0.25) is 4.79 Å². The highest BCUT2D eigenvalue weighted by Crippen LogP contribution is 2.31. The largest absolute Gasteiger partial charge is 0.459 e. The van der Waals surface area contributed by atoms with E-state index in [0.717, 1.165) is 35.9 Å². The topological polar surface area (TPSA) is 110 Å². The van der Waals surface area contributed by atoms with E-state index in [1.165, 1.54) is 24.7 Å². The lowest BCUT2D eigenvalue weighted by molar-refractivity contribution is -0.116. The summed E-state index contributed by atoms with van der Waals surface area (Å²) in [5.74, 6) is 0.737. The number of rotatable bonds is 6. The first-order valence-electron chi connectivity index (χ1n) is 9.22. The van der Waals surface area contributed by atoms with Crippen molar-refractivity contribution in [3.63, 3.8) is 0 Å². The van der Waals surface area contributed by atoms with E-state index in [-0.39, 0.29) is 27.7 Å². The maximum atomic E-state index is 12.8. The molecule has 0 unspecified atom stereocenters. The van der Waals surface area contributed by atoms with Crippen molar-refractivity contribution in [2.75, 3.05) is 31.3 Å². The van der Waals surface area contributed by atoms with Crippen LogP contribution < -0.4 is 4.90 Å². The third kappa shape index (κ3) is 4.00. The van der Waals surface area contributed by atoms with E-state index < -0.39 is 10.0 Å². The lowest BCUT2D eigenvalue weighted by Crippen LogP contribution is -2.36. The number of amides is 1. The number of aryl methyl sites for hydroxylation is 1. The third-order valence-corrected chi connectivity index (χ3v) is 7.32. The molecule has 4 rings (SSSR count). The van der Waals surface area contributed by atoms with Gasteiger partial charge in [0.25, 0.3) is 11.1 Å². The SMILES string of the molecule is CN(C)S(=O)(=O)c1ccc2c(c1)CCCN2C(=O)CSc1nnc(-c2ccco2)o1. The number of benzene rings is 1. The molecule has 3 heterocycles. The molecule has 0 spiro atoms. The van der Waals surface area contributed by atoms with Crippen LogP contribution in [0.4, 0.5) is 5.69 Å². The Kier molecular flexibility index (Phi) is 5.67. The Morgan fingerprint density at radius 3 is 2.83 bits per heavy atom. The molecule has 0 radical (unpaired) electrons. The van der Waals surface area contributed by atoms with Gasteiger partial charge in [-0.25, -0.2) is 12.7 Å². The number of carbonyl (C=O) groups is 1. The van der Waals surface area contributed by atoms with Crippen LogP contribution in [-0.4, -0.2) is 55.2 Å². The fourth-order valence-electron chi connectivity index (χ4n) is 3.17. The Balaban J connectivity index is 1.47. The van der Waals surface area contributed by atoms with Crippen LogP contribution in [-0.2, 0) is 21.2 Å². The fraction of sp³-hybridized carbons (Fsp3) is 0.316. The third-order valence-electron chi connectivity index (χ3n) is 4.71. The van der Waals surface area contributed by atoms with Crippen LogP contribution in [0.1, 0.15) is 12.0 Å². The molecule has 11 heteroatoms. The van der Waals surface area contributed by atoms with Crippen LogP contribution in [0.25, 0.3) is 11.7 Å². The Labute approximate surface area is 178 Å². The molecule has 0 fully saturated rings. The molecule has 30 heavy (non-hydrogen) atoms. The van der Waals surface area contributed by atoms with Crippen molar-refractivity contribution in [3.05, 3.63) is 42.2 Å². The van der Waals surface area contributed by atoms with Crippen LogP contribution in [0.15, 0.2) is 55.5 Å². The second-order valence-corrected chi connectivity index (χ2v) is 9.94. The number of fused-ring (bicyclic) bond motifs is 1. The first-order valence-corrected chi connectivity index (χ1v) is 11.6. The Bertz CT molecular complexity index is 1160. The highest BCUT2D eigenvalue weighted by Gasteiger charge is 2.26. The van der Waals surface area contributed by atoms with Crippen LogP contribution >= 0.6 is 11.8 Å². The van der Waals surface area contributed by atoms with Crippen molar-refractivity contribution < 1.29 is 22.0 Å². The van der Waals surface area contributed by atoms with Crippen LogP contribution in [0.5, 0.6) is 0 Å². The first kappa shape index (κ1) is 20.6. The first-order chi connectivity index (χ1) is 14.4. The predicted molar refractivity (Wildman–Crippen MR) is 111 cm³/mol. The summed E-state index contributed by atoms with van der Waals surface area (Å²) in [6.45, 7) is 0.577. The van der Waals surface area contributed by atoms with E-state index in [9.17, 15) is 13.2 Å². The van der Waals surface area contributed by atoms with Crippen LogP contribution in [0, 0.1) is 0 Å². The number of furan rings is 1. The van der Waals surface area contributed by atoms with Gasteiger partial charge in [0.05, 0.1) is 16.9 Å². The normalized spacial score (nSPS) is 14.2. The van der Waals surface area contributed by atoms with Crippen molar-refractivity contribution in [3.8, 4) is 11.7 Å². The quantitative estimate of drug-likeness (QED) is 0.530. The zero-order chi connectivity index (χ0) is 21.3. The summed E-state index contributed by atoms with van der Waals surface area (Å²) in [6.07, 6.45) is 3.00. The highest BCUT2D eigenvalue weighted by molar-refractivity contribution is 7.99. The molecule has 0 saturated carbocycles. The molecular weight excluding hydrogens is 428 g/mol. The van der Waals surface area contributed by atoms with Gasteiger partial charge in [0.15, 0.2) is 5.76 Å². The number of thioether (sulfide) groups is 1. The van der Waals surface area contributed by atoms with Gasteiger partial charge in [-0.15, -0.1) is 10.2 Å². The highest BCUT2D eigenvalue weighted by atomic mass is 32.2. The van der Waals surface area contributed by atoms with E-state index in [1.807, 2.05) is 0 Å². The Hall–Kier alpha value is -2.63. The Morgan fingerprint density at radius 2 is 2.10 bits per heavy atom. The summed E-state index contributed by atoms with van der Waals surface area (Å²) in [4.78, 5) is 14.7. The molecule has 3 aromatic rings. The van der Waals surface area contributed by atoms with Gasteiger partial charge in [-0.05, 0) is 48.7 Å². The molecular formula is C19H20N4O5S2. The molecule has 0 N–H and O–H groups in total. The number of sulfonamides is 1. The number of hydrogen-bond acceptors (Lipinski definition) is 8. The molecule has 1 aromatic carbocycles. The standard InChI is InChI=1S/C19H20N4O5S2/c1-22(2)30(25,26)14-7-8-15-13(11-14)5-3-9-23(15)17(24)12-29-19-21-20-18(28-19)16-6-4-10-27-16/h4,6-8,10-11H,3,5,9,12H2,1-2H3. The number of anilines is 1. The average molecular weight is 449 g/mol. The number of carbonyl (C=O) groups excluding carboxylic acids is 1. The number of aromatic nitrogens is 2. The summed E-state index contributed by atoms with van der Waals surface area (Å²) in [7, 11) is -0.527. The lowest BCUT2D eigenvalue weighted by atomic mass is 10.0. The van der Waals surface area contributed by atoms with Gasteiger partial charge in [0, 0.05) is 26.3 Å². The number of hydrogen-bond donors (Lipinski definition) is 0. The lowest BCUT2D eigenvalue weighted by Gasteiger charge is -2.30. The molecule has 1 aliphatic heterocycles. The summed E-state index contributed by atoms with van der Waals surface area (Å²) in [5, 5.41) is 8.13. The van der Waals surface area contributed by atoms with E-state index >= 15 is 0 Å². The van der Waals surface area contributed by atoms with Gasteiger partial charge in [-0.2, -0.15) is 0 Å². The molecule has 158 valence electrons. The second-order valence-electron chi connectivity index (χ2n) is 6.87. The van der Waals surface area contributed by atoms with Crippen LogP contribution in [0.2, 0.25) is 0 Å². The average Bonchev–Trinajstić information content (AvgIpc) is 3.42.